The molecule has 3 aromatic rings. The van der Waals surface area contributed by atoms with Gasteiger partial charge in [0.1, 0.15) is 0 Å². The van der Waals surface area contributed by atoms with Crippen molar-refractivity contribution in [3.63, 3.8) is 0 Å². The average Bonchev–Trinajstić information content (AvgIpc) is 3.12. The monoisotopic (exact) mass is 512 g/mol. The molecule has 1 aliphatic rings. The van der Waals surface area contributed by atoms with E-state index in [0.29, 0.717) is 40.0 Å². The van der Waals surface area contributed by atoms with Gasteiger partial charge < -0.3 is 9.47 Å². The lowest BCUT2D eigenvalue weighted by Crippen LogP contribution is -2.47. The SMILES string of the molecule is Cn1cnc(CN2c3ccc(Cl)cc3CN(S(=O)(=O)C(F)(F)F)C[C@H]2CCc2ccccc2)c1. The highest BCUT2D eigenvalue weighted by Gasteiger charge is 2.51. The molecule has 0 N–H and O–H groups in total. The average molecular weight is 513 g/mol. The molecule has 1 aromatic heterocycles. The van der Waals surface area contributed by atoms with Gasteiger partial charge in [0.25, 0.3) is 0 Å². The molecule has 0 spiro atoms. The van der Waals surface area contributed by atoms with Crippen LogP contribution in [0.15, 0.2) is 61.1 Å². The zero-order chi connectivity index (χ0) is 24.5. The van der Waals surface area contributed by atoms with E-state index < -0.39 is 28.1 Å². The maximum atomic E-state index is 13.5. The van der Waals surface area contributed by atoms with Crippen molar-refractivity contribution in [3.8, 4) is 0 Å². The number of rotatable bonds is 6. The first kappa shape index (κ1) is 24.6. The highest BCUT2D eigenvalue weighted by atomic mass is 35.5. The molecule has 34 heavy (non-hydrogen) atoms. The molecule has 0 radical (unpaired) electrons. The quantitative estimate of drug-likeness (QED) is 0.478. The smallest absolute Gasteiger partial charge is 0.361 e. The highest BCUT2D eigenvalue weighted by molar-refractivity contribution is 7.89. The number of imidazole rings is 1. The molecule has 0 unspecified atom stereocenters. The lowest BCUT2D eigenvalue weighted by atomic mass is 10.0. The van der Waals surface area contributed by atoms with Gasteiger partial charge in [-0.15, -0.1) is 0 Å². The fraction of sp³-hybridized carbons (Fsp3) is 0.348. The standard InChI is InChI=1S/C23H24ClF3N4O2S/c1-29-13-20(28-16-29)14-31-21(9-7-17-5-3-2-4-6-17)15-30(34(32,33)23(25,26)27)12-18-11-19(24)8-10-22(18)31/h2-6,8,10-11,13,16,21H,7,9,12,14-15H2,1H3/t21-/m1/s1. The predicted molar refractivity (Wildman–Crippen MR) is 125 cm³/mol. The second kappa shape index (κ2) is 9.59. The van der Waals surface area contributed by atoms with Crippen LogP contribution in [0, 0.1) is 0 Å². The first-order chi connectivity index (χ1) is 16.0. The Labute approximate surface area is 201 Å². The summed E-state index contributed by atoms with van der Waals surface area (Å²) in [5.74, 6) is 0. The van der Waals surface area contributed by atoms with E-state index in [1.165, 1.54) is 6.07 Å². The van der Waals surface area contributed by atoms with E-state index in [4.69, 9.17) is 11.6 Å². The summed E-state index contributed by atoms with van der Waals surface area (Å²) in [6.07, 6.45) is 4.50. The Balaban J connectivity index is 1.77. The van der Waals surface area contributed by atoms with Crippen LogP contribution in [0.3, 0.4) is 0 Å². The summed E-state index contributed by atoms with van der Waals surface area (Å²) < 4.78 is 67.9. The summed E-state index contributed by atoms with van der Waals surface area (Å²) in [7, 11) is -3.71. The first-order valence-electron chi connectivity index (χ1n) is 10.7. The maximum Gasteiger partial charge on any atom is 0.511 e. The minimum absolute atomic E-state index is 0.312. The van der Waals surface area contributed by atoms with Crippen LogP contribution in [0.1, 0.15) is 23.2 Å². The Morgan fingerprint density at radius 1 is 1.15 bits per heavy atom. The van der Waals surface area contributed by atoms with Crippen molar-refractivity contribution in [2.24, 2.45) is 7.05 Å². The largest absolute Gasteiger partial charge is 0.511 e. The normalized spacial score (nSPS) is 17.4. The molecule has 2 heterocycles. The zero-order valence-corrected chi connectivity index (χ0v) is 20.0. The molecule has 1 aliphatic heterocycles. The van der Waals surface area contributed by atoms with E-state index in [0.717, 1.165) is 11.3 Å². The lowest BCUT2D eigenvalue weighted by molar-refractivity contribution is -0.0492. The molecule has 0 aliphatic carbocycles. The number of alkyl halides is 3. The van der Waals surface area contributed by atoms with Gasteiger partial charge in [0.15, 0.2) is 0 Å². The van der Waals surface area contributed by atoms with Crippen LogP contribution in [0.2, 0.25) is 5.02 Å². The van der Waals surface area contributed by atoms with Gasteiger partial charge in [0.2, 0.25) is 0 Å². The molecule has 182 valence electrons. The minimum atomic E-state index is -5.54. The number of benzene rings is 2. The zero-order valence-electron chi connectivity index (χ0n) is 18.4. The summed E-state index contributed by atoms with van der Waals surface area (Å²) in [6.45, 7) is -0.416. The van der Waals surface area contributed by atoms with E-state index in [2.05, 4.69) is 4.98 Å². The number of sulfonamides is 1. The maximum absolute atomic E-state index is 13.5. The molecular formula is C23H24ClF3N4O2S. The predicted octanol–water partition coefficient (Wildman–Crippen LogP) is 4.75. The van der Waals surface area contributed by atoms with Crippen molar-refractivity contribution in [1.29, 1.82) is 0 Å². The number of aromatic nitrogens is 2. The third-order valence-corrected chi connectivity index (χ3v) is 7.66. The minimum Gasteiger partial charge on any atom is -0.361 e. The van der Waals surface area contributed by atoms with E-state index in [1.54, 1.807) is 23.0 Å². The second-order valence-electron chi connectivity index (χ2n) is 8.35. The number of anilines is 1. The van der Waals surface area contributed by atoms with Crippen molar-refractivity contribution in [2.45, 2.75) is 37.5 Å². The van der Waals surface area contributed by atoms with Gasteiger partial charge in [-0.2, -0.15) is 17.5 Å². The van der Waals surface area contributed by atoms with Crippen LogP contribution >= 0.6 is 11.6 Å². The van der Waals surface area contributed by atoms with Gasteiger partial charge in [-0.1, -0.05) is 41.9 Å². The fourth-order valence-electron chi connectivity index (χ4n) is 4.24. The molecule has 11 heteroatoms. The molecule has 0 saturated carbocycles. The molecule has 0 fully saturated rings. The Hall–Kier alpha value is -2.56. The summed E-state index contributed by atoms with van der Waals surface area (Å²) >= 11 is 6.15. The third-order valence-electron chi connectivity index (χ3n) is 5.88. The number of hydrogen-bond donors (Lipinski definition) is 0. The van der Waals surface area contributed by atoms with Gasteiger partial charge in [-0.25, -0.2) is 13.4 Å². The van der Waals surface area contributed by atoms with E-state index in [-0.39, 0.29) is 6.54 Å². The van der Waals surface area contributed by atoms with Crippen molar-refractivity contribution in [1.82, 2.24) is 13.9 Å². The van der Waals surface area contributed by atoms with E-state index in [1.807, 2.05) is 48.5 Å². The summed E-state index contributed by atoms with van der Waals surface area (Å²) in [4.78, 5) is 6.32. The fourth-order valence-corrected chi connectivity index (χ4v) is 5.40. The number of aryl methyl sites for hydroxylation is 2. The number of fused-ring (bicyclic) bond motifs is 1. The Bertz CT molecular complexity index is 1250. The Morgan fingerprint density at radius 3 is 2.53 bits per heavy atom. The van der Waals surface area contributed by atoms with Crippen LogP contribution < -0.4 is 4.90 Å². The summed E-state index contributed by atoms with van der Waals surface area (Å²) in [5.41, 5.74) is -2.59. The van der Waals surface area contributed by atoms with Crippen LogP contribution in [-0.4, -0.2) is 40.4 Å². The van der Waals surface area contributed by atoms with Gasteiger partial charge in [-0.05, 0) is 42.2 Å². The van der Waals surface area contributed by atoms with Crippen LogP contribution in [-0.2, 0) is 36.6 Å². The van der Waals surface area contributed by atoms with Crippen molar-refractivity contribution >= 4 is 27.3 Å². The van der Waals surface area contributed by atoms with Crippen molar-refractivity contribution in [2.75, 3.05) is 11.4 Å². The molecule has 2 aromatic carbocycles. The lowest BCUT2D eigenvalue weighted by Gasteiger charge is -2.34. The number of hydrogen-bond acceptors (Lipinski definition) is 4. The third kappa shape index (κ3) is 5.24. The molecule has 0 bridgehead atoms. The summed E-state index contributed by atoms with van der Waals surface area (Å²) in [5, 5.41) is 0.323. The Morgan fingerprint density at radius 2 is 1.88 bits per heavy atom. The molecular weight excluding hydrogens is 489 g/mol. The molecule has 1 atom stereocenters. The first-order valence-corrected chi connectivity index (χ1v) is 12.5. The van der Waals surface area contributed by atoms with Crippen LogP contribution in [0.5, 0.6) is 0 Å². The van der Waals surface area contributed by atoms with Crippen LogP contribution in [0.25, 0.3) is 0 Å². The Kier molecular flexibility index (Phi) is 6.93. The molecule has 0 saturated heterocycles. The molecule has 6 nitrogen and oxygen atoms in total. The van der Waals surface area contributed by atoms with Crippen molar-refractivity contribution < 1.29 is 21.6 Å². The van der Waals surface area contributed by atoms with Crippen molar-refractivity contribution in [3.05, 3.63) is 82.9 Å². The van der Waals surface area contributed by atoms with E-state index in [9.17, 15) is 21.6 Å². The topological polar surface area (TPSA) is 58.4 Å². The number of halogens is 4. The highest BCUT2D eigenvalue weighted by Crippen LogP contribution is 2.36. The van der Waals surface area contributed by atoms with Gasteiger partial charge in [0.05, 0.1) is 18.6 Å². The van der Waals surface area contributed by atoms with Crippen LogP contribution in [0.4, 0.5) is 18.9 Å². The molecule has 4 rings (SSSR count). The van der Waals surface area contributed by atoms with Gasteiger partial charge in [-0.3, -0.25) is 0 Å². The van der Waals surface area contributed by atoms with Gasteiger partial charge in [0, 0.05) is 43.1 Å². The summed E-state index contributed by atoms with van der Waals surface area (Å²) in [6, 6.07) is 14.0. The molecule has 0 amide bonds. The second-order valence-corrected chi connectivity index (χ2v) is 10.7. The van der Waals surface area contributed by atoms with E-state index >= 15 is 0 Å². The van der Waals surface area contributed by atoms with Gasteiger partial charge >= 0.3 is 15.5 Å². The number of nitrogens with zero attached hydrogens (tertiary/aromatic N) is 4.